The Bertz CT molecular complexity index is 988. The van der Waals surface area contributed by atoms with E-state index in [1.54, 1.807) is 23.9 Å². The van der Waals surface area contributed by atoms with Gasteiger partial charge in [-0.25, -0.2) is 0 Å². The van der Waals surface area contributed by atoms with E-state index < -0.39 is 6.04 Å². The van der Waals surface area contributed by atoms with Crippen molar-refractivity contribution in [3.05, 3.63) is 59.7 Å². The second-order valence-corrected chi connectivity index (χ2v) is 8.27. The zero-order chi connectivity index (χ0) is 21.4. The van der Waals surface area contributed by atoms with Gasteiger partial charge in [-0.1, -0.05) is 36.4 Å². The third-order valence-corrected chi connectivity index (χ3v) is 6.08. The molecule has 1 N–H and O–H groups in total. The molecule has 30 heavy (non-hydrogen) atoms. The number of likely N-dealkylation sites (tertiary alicyclic amines) is 1. The van der Waals surface area contributed by atoms with Gasteiger partial charge in [-0.2, -0.15) is 5.26 Å². The molecule has 1 heterocycles. The van der Waals surface area contributed by atoms with Crippen LogP contribution in [0.25, 0.3) is 11.1 Å². The third kappa shape index (κ3) is 3.46. The first-order valence-electron chi connectivity index (χ1n) is 10.2. The summed E-state index contributed by atoms with van der Waals surface area (Å²) in [5.41, 5.74) is 3.58. The fourth-order valence-electron chi connectivity index (χ4n) is 4.21. The fraction of sp³-hybridized carbons (Fsp3) is 0.375. The number of nitrogens with zero attached hydrogens (tertiary/aromatic N) is 3. The van der Waals surface area contributed by atoms with E-state index in [1.165, 1.54) is 0 Å². The van der Waals surface area contributed by atoms with E-state index in [0.717, 1.165) is 29.5 Å². The molecule has 1 aliphatic heterocycles. The molecule has 1 aliphatic carbocycles. The number of nitriles is 1. The molecular formula is C24H25N3O3. The van der Waals surface area contributed by atoms with Crippen molar-refractivity contribution in [2.75, 3.05) is 20.7 Å². The largest absolute Gasteiger partial charge is 0.394 e. The van der Waals surface area contributed by atoms with Crippen LogP contribution in [0.2, 0.25) is 0 Å². The molecule has 0 bridgehead atoms. The average molecular weight is 403 g/mol. The Morgan fingerprint density at radius 2 is 1.63 bits per heavy atom. The molecule has 2 aromatic rings. The Morgan fingerprint density at radius 3 is 2.10 bits per heavy atom. The molecule has 3 atom stereocenters. The molecule has 2 aliphatic rings. The smallest absolute Gasteiger partial charge is 0.253 e. The van der Waals surface area contributed by atoms with Crippen LogP contribution in [0, 0.1) is 17.2 Å². The lowest BCUT2D eigenvalue weighted by Gasteiger charge is -2.51. The van der Waals surface area contributed by atoms with E-state index in [1.807, 2.05) is 48.5 Å². The van der Waals surface area contributed by atoms with Gasteiger partial charge in [0.15, 0.2) is 0 Å². The van der Waals surface area contributed by atoms with Crippen LogP contribution in [0.1, 0.15) is 34.7 Å². The second kappa shape index (κ2) is 7.92. The number of aliphatic hydroxyl groups excluding tert-OH is 1. The van der Waals surface area contributed by atoms with E-state index in [-0.39, 0.29) is 36.3 Å². The number of hydrogen-bond donors (Lipinski definition) is 1. The summed E-state index contributed by atoms with van der Waals surface area (Å²) in [6.07, 6.45) is 1.76. The molecule has 0 aromatic heterocycles. The monoisotopic (exact) mass is 403 g/mol. The Hall–Kier alpha value is -3.17. The maximum Gasteiger partial charge on any atom is 0.253 e. The van der Waals surface area contributed by atoms with E-state index in [9.17, 15) is 20.0 Å². The maximum absolute atomic E-state index is 12.5. The van der Waals surface area contributed by atoms with Crippen molar-refractivity contribution in [2.45, 2.75) is 30.8 Å². The minimum atomic E-state index is -0.530. The Labute approximate surface area is 176 Å². The highest BCUT2D eigenvalue weighted by molar-refractivity contribution is 5.94. The molecule has 6 heteroatoms. The summed E-state index contributed by atoms with van der Waals surface area (Å²) in [6.45, 7) is -0.148. The first kappa shape index (κ1) is 20.1. The summed E-state index contributed by atoms with van der Waals surface area (Å²) in [5.74, 6) is -0.192. The van der Waals surface area contributed by atoms with Crippen molar-refractivity contribution >= 4 is 11.8 Å². The molecule has 1 saturated carbocycles. The number of amides is 2. The van der Waals surface area contributed by atoms with Crippen molar-refractivity contribution in [1.29, 1.82) is 5.26 Å². The van der Waals surface area contributed by atoms with E-state index in [2.05, 4.69) is 6.07 Å². The summed E-state index contributed by atoms with van der Waals surface area (Å²) in [6, 6.07) is 16.7. The third-order valence-electron chi connectivity index (χ3n) is 6.08. The first-order chi connectivity index (χ1) is 14.5. The predicted molar refractivity (Wildman–Crippen MR) is 112 cm³/mol. The SMILES string of the molecule is CN(C)C(=O)c1ccc(-c2ccc([C@H]3[C@@H](C#N)N(C(=O)C4CC4)[C@@H]3CO)cc2)cc1. The summed E-state index contributed by atoms with van der Waals surface area (Å²) >= 11 is 0. The van der Waals surface area contributed by atoms with E-state index >= 15 is 0 Å². The van der Waals surface area contributed by atoms with Gasteiger partial charge in [0.25, 0.3) is 5.91 Å². The Kier molecular flexibility index (Phi) is 5.31. The first-order valence-corrected chi connectivity index (χ1v) is 10.2. The van der Waals surface area contributed by atoms with E-state index in [0.29, 0.717) is 5.56 Å². The number of benzene rings is 2. The van der Waals surface area contributed by atoms with Crippen LogP contribution in [0.4, 0.5) is 0 Å². The standard InChI is InChI=1S/C24H25N3O3/c1-26(2)23(29)18-9-5-16(6-10-18)15-3-7-17(8-4-15)22-20(13-25)27(21(22)14-28)24(30)19-11-12-19/h3-10,19-22,28H,11-12,14H2,1-2H3/t20-,21-,22+/m1/s1. The highest BCUT2D eigenvalue weighted by Gasteiger charge is 2.53. The molecule has 6 nitrogen and oxygen atoms in total. The van der Waals surface area contributed by atoms with Crippen LogP contribution in [0.3, 0.4) is 0 Å². The number of carbonyl (C=O) groups is 2. The van der Waals surface area contributed by atoms with Gasteiger partial charge in [-0.05, 0) is 41.7 Å². The molecule has 0 unspecified atom stereocenters. The van der Waals surface area contributed by atoms with Crippen molar-refractivity contribution in [1.82, 2.24) is 9.80 Å². The lowest BCUT2D eigenvalue weighted by atomic mass is 9.75. The van der Waals surface area contributed by atoms with Gasteiger partial charge in [-0.15, -0.1) is 0 Å². The lowest BCUT2D eigenvalue weighted by Crippen LogP contribution is -2.65. The molecule has 0 radical (unpaired) electrons. The van der Waals surface area contributed by atoms with Gasteiger partial charge in [0.05, 0.1) is 18.7 Å². The van der Waals surface area contributed by atoms with Crippen LogP contribution < -0.4 is 0 Å². The van der Waals surface area contributed by atoms with Crippen LogP contribution in [0.15, 0.2) is 48.5 Å². The molecule has 154 valence electrons. The van der Waals surface area contributed by atoms with Gasteiger partial charge in [0, 0.05) is 31.5 Å². The minimum absolute atomic E-state index is 0.000770. The van der Waals surface area contributed by atoms with Gasteiger partial charge in [0.2, 0.25) is 5.91 Å². The van der Waals surface area contributed by atoms with Crippen LogP contribution in [-0.2, 0) is 4.79 Å². The number of aliphatic hydroxyl groups is 1. The van der Waals surface area contributed by atoms with Crippen LogP contribution in [-0.4, -0.2) is 59.5 Å². The van der Waals surface area contributed by atoms with Crippen molar-refractivity contribution in [2.24, 2.45) is 5.92 Å². The quantitative estimate of drug-likeness (QED) is 0.832. The van der Waals surface area contributed by atoms with Crippen LogP contribution in [0.5, 0.6) is 0 Å². The highest BCUT2D eigenvalue weighted by atomic mass is 16.3. The summed E-state index contributed by atoms with van der Waals surface area (Å²) in [7, 11) is 3.45. The summed E-state index contributed by atoms with van der Waals surface area (Å²) in [5, 5.41) is 19.5. The topological polar surface area (TPSA) is 84.6 Å². The van der Waals surface area contributed by atoms with Crippen molar-refractivity contribution in [3.63, 3.8) is 0 Å². The molecule has 1 saturated heterocycles. The van der Waals surface area contributed by atoms with E-state index in [4.69, 9.17) is 0 Å². The maximum atomic E-state index is 12.5. The Morgan fingerprint density at radius 1 is 1.07 bits per heavy atom. The molecule has 2 aromatic carbocycles. The molecule has 2 amide bonds. The minimum Gasteiger partial charge on any atom is -0.394 e. The molecule has 4 rings (SSSR count). The summed E-state index contributed by atoms with van der Waals surface area (Å²) < 4.78 is 0. The van der Waals surface area contributed by atoms with Gasteiger partial charge in [0.1, 0.15) is 6.04 Å². The zero-order valence-corrected chi connectivity index (χ0v) is 17.2. The number of carbonyl (C=O) groups excluding carboxylic acids is 2. The Balaban J connectivity index is 1.52. The fourth-order valence-corrected chi connectivity index (χ4v) is 4.21. The lowest BCUT2D eigenvalue weighted by molar-refractivity contribution is -0.148. The van der Waals surface area contributed by atoms with Gasteiger partial charge in [-0.3, -0.25) is 9.59 Å². The number of hydrogen-bond acceptors (Lipinski definition) is 4. The average Bonchev–Trinajstić information content (AvgIpc) is 3.59. The van der Waals surface area contributed by atoms with Gasteiger partial charge < -0.3 is 14.9 Å². The molecular weight excluding hydrogens is 378 g/mol. The predicted octanol–water partition coefficient (Wildman–Crippen LogP) is 2.64. The van der Waals surface area contributed by atoms with Crippen molar-refractivity contribution in [3.8, 4) is 17.2 Å². The zero-order valence-electron chi connectivity index (χ0n) is 17.2. The molecule has 2 fully saturated rings. The van der Waals surface area contributed by atoms with Crippen molar-refractivity contribution < 1.29 is 14.7 Å². The van der Waals surface area contributed by atoms with Gasteiger partial charge >= 0.3 is 0 Å². The number of rotatable bonds is 5. The summed E-state index contributed by atoms with van der Waals surface area (Å²) in [4.78, 5) is 27.7. The van der Waals surface area contributed by atoms with Crippen LogP contribution >= 0.6 is 0 Å². The normalized spacial score (nSPS) is 22.7. The molecule has 0 spiro atoms. The highest BCUT2D eigenvalue weighted by Crippen LogP contribution is 2.44. The second-order valence-electron chi connectivity index (χ2n) is 8.27.